The third-order valence-corrected chi connectivity index (χ3v) is 2.33. The van der Waals surface area contributed by atoms with E-state index in [4.69, 9.17) is 18.0 Å². The van der Waals surface area contributed by atoms with E-state index in [2.05, 4.69) is 9.97 Å². The van der Waals surface area contributed by atoms with Crippen molar-refractivity contribution in [3.05, 3.63) is 42.1 Å². The average molecular weight is 218 g/mol. The third-order valence-electron chi connectivity index (χ3n) is 2.11. The molecule has 0 saturated heterocycles. The first kappa shape index (κ1) is 9.79. The number of aromatic nitrogens is 3. The highest BCUT2D eigenvalue weighted by molar-refractivity contribution is 7.80. The molecule has 2 rings (SSSR count). The Bertz CT molecular complexity index is 504. The van der Waals surface area contributed by atoms with Gasteiger partial charge in [0.2, 0.25) is 0 Å². The molecule has 4 nitrogen and oxygen atoms in total. The van der Waals surface area contributed by atoms with Crippen LogP contribution in [-0.4, -0.2) is 19.5 Å². The number of nitrogens with two attached hydrogens (primary N) is 1. The molecular weight excluding hydrogens is 208 g/mol. The van der Waals surface area contributed by atoms with Crippen LogP contribution >= 0.6 is 12.2 Å². The van der Waals surface area contributed by atoms with E-state index in [9.17, 15) is 0 Å². The van der Waals surface area contributed by atoms with Crippen molar-refractivity contribution in [2.24, 2.45) is 5.73 Å². The minimum Gasteiger partial charge on any atom is -0.389 e. The molecule has 2 N–H and O–H groups in total. The van der Waals surface area contributed by atoms with Gasteiger partial charge < -0.3 is 5.73 Å². The molecule has 0 amide bonds. The van der Waals surface area contributed by atoms with Crippen LogP contribution in [0.25, 0.3) is 5.82 Å². The van der Waals surface area contributed by atoms with Crippen LogP contribution < -0.4 is 5.73 Å². The van der Waals surface area contributed by atoms with Crippen molar-refractivity contribution in [2.75, 3.05) is 0 Å². The van der Waals surface area contributed by atoms with Gasteiger partial charge in [0, 0.05) is 18.6 Å². The fourth-order valence-electron chi connectivity index (χ4n) is 1.38. The molecular formula is C10H10N4S. The van der Waals surface area contributed by atoms with Crippen LogP contribution in [0.3, 0.4) is 0 Å². The van der Waals surface area contributed by atoms with Crippen LogP contribution in [0, 0.1) is 6.92 Å². The van der Waals surface area contributed by atoms with E-state index in [1.54, 1.807) is 12.4 Å². The van der Waals surface area contributed by atoms with Crippen LogP contribution in [0.15, 0.2) is 30.7 Å². The Hall–Kier alpha value is -1.75. The highest BCUT2D eigenvalue weighted by Crippen LogP contribution is 2.12. The van der Waals surface area contributed by atoms with Crippen LogP contribution in [-0.2, 0) is 0 Å². The maximum Gasteiger partial charge on any atom is 0.148 e. The molecule has 2 heterocycles. The quantitative estimate of drug-likeness (QED) is 0.770. The van der Waals surface area contributed by atoms with E-state index in [1.807, 2.05) is 29.8 Å². The van der Waals surface area contributed by atoms with E-state index in [-0.39, 0.29) is 0 Å². The fraction of sp³-hybridized carbons (Fsp3) is 0.100. The summed E-state index contributed by atoms with van der Waals surface area (Å²) in [6.07, 6.45) is 5.25. The van der Waals surface area contributed by atoms with Crippen molar-refractivity contribution >= 4 is 17.2 Å². The van der Waals surface area contributed by atoms with Gasteiger partial charge in [-0.15, -0.1) is 0 Å². The van der Waals surface area contributed by atoms with E-state index in [0.29, 0.717) is 4.99 Å². The van der Waals surface area contributed by atoms with Crippen molar-refractivity contribution in [3.8, 4) is 5.82 Å². The molecule has 0 saturated carbocycles. The normalized spacial score (nSPS) is 10.2. The Morgan fingerprint density at radius 3 is 2.80 bits per heavy atom. The van der Waals surface area contributed by atoms with Crippen molar-refractivity contribution in [2.45, 2.75) is 6.92 Å². The maximum absolute atomic E-state index is 5.63. The van der Waals surface area contributed by atoms with Gasteiger partial charge in [0.25, 0.3) is 0 Å². The zero-order valence-electron chi connectivity index (χ0n) is 8.21. The molecule has 15 heavy (non-hydrogen) atoms. The molecule has 0 aliphatic carbocycles. The molecule has 0 atom stereocenters. The summed E-state index contributed by atoms with van der Waals surface area (Å²) in [7, 11) is 0. The van der Waals surface area contributed by atoms with Crippen molar-refractivity contribution in [1.29, 1.82) is 0 Å². The number of imidazole rings is 1. The molecule has 5 heteroatoms. The van der Waals surface area contributed by atoms with Gasteiger partial charge in [-0.1, -0.05) is 12.2 Å². The van der Waals surface area contributed by atoms with E-state index >= 15 is 0 Å². The lowest BCUT2D eigenvalue weighted by Crippen LogP contribution is -2.14. The van der Waals surface area contributed by atoms with E-state index < -0.39 is 0 Å². The largest absolute Gasteiger partial charge is 0.389 e. The van der Waals surface area contributed by atoms with Gasteiger partial charge >= 0.3 is 0 Å². The van der Waals surface area contributed by atoms with Gasteiger partial charge in [-0.3, -0.25) is 4.57 Å². The number of nitrogens with zero attached hydrogens (tertiary/aromatic N) is 3. The van der Waals surface area contributed by atoms with Gasteiger partial charge in [0.05, 0.1) is 5.56 Å². The molecule has 2 aromatic rings. The minimum atomic E-state index is 0.339. The van der Waals surface area contributed by atoms with E-state index in [0.717, 1.165) is 17.2 Å². The standard InChI is InChI=1S/C10H10N4S/c1-7-12-5-6-14(7)10-8(9(11)15)3-2-4-13-10/h2-6H,1H3,(H2,11,15). The van der Waals surface area contributed by atoms with Gasteiger partial charge in [-0.25, -0.2) is 9.97 Å². The summed E-state index contributed by atoms with van der Waals surface area (Å²) in [5, 5.41) is 0. The molecule has 0 aromatic carbocycles. The van der Waals surface area contributed by atoms with Crippen LogP contribution in [0.1, 0.15) is 11.4 Å². The van der Waals surface area contributed by atoms with Crippen molar-refractivity contribution in [1.82, 2.24) is 14.5 Å². The summed E-state index contributed by atoms with van der Waals surface area (Å²) in [5.74, 6) is 1.58. The topological polar surface area (TPSA) is 56.7 Å². The van der Waals surface area contributed by atoms with Gasteiger partial charge in [-0.05, 0) is 19.1 Å². The summed E-state index contributed by atoms with van der Waals surface area (Å²) < 4.78 is 1.86. The summed E-state index contributed by atoms with van der Waals surface area (Å²) in [4.78, 5) is 8.73. The number of pyridine rings is 1. The number of hydrogen-bond donors (Lipinski definition) is 1. The lowest BCUT2D eigenvalue weighted by Gasteiger charge is -2.08. The molecule has 76 valence electrons. The lowest BCUT2D eigenvalue weighted by molar-refractivity contribution is 0.930. The Labute approximate surface area is 92.8 Å². The molecule has 0 fully saturated rings. The molecule has 0 bridgehead atoms. The van der Waals surface area contributed by atoms with Crippen LogP contribution in [0.2, 0.25) is 0 Å². The molecule has 0 radical (unpaired) electrons. The van der Waals surface area contributed by atoms with Crippen LogP contribution in [0.5, 0.6) is 0 Å². The Balaban J connectivity index is 2.63. The monoisotopic (exact) mass is 218 g/mol. The first-order valence-corrected chi connectivity index (χ1v) is 4.86. The zero-order chi connectivity index (χ0) is 10.8. The van der Waals surface area contributed by atoms with E-state index in [1.165, 1.54) is 0 Å². The number of hydrogen-bond acceptors (Lipinski definition) is 3. The average Bonchev–Trinajstić information content (AvgIpc) is 2.64. The molecule has 0 spiro atoms. The lowest BCUT2D eigenvalue weighted by atomic mass is 10.2. The molecule has 0 unspecified atom stereocenters. The van der Waals surface area contributed by atoms with Gasteiger partial charge in [0.1, 0.15) is 16.6 Å². The fourth-order valence-corrected chi connectivity index (χ4v) is 1.54. The molecule has 2 aromatic heterocycles. The number of aryl methyl sites for hydroxylation is 1. The second kappa shape index (κ2) is 3.78. The smallest absolute Gasteiger partial charge is 0.148 e. The predicted octanol–water partition coefficient (Wildman–Crippen LogP) is 1.21. The number of thiocarbonyl (C=S) groups is 1. The Kier molecular flexibility index (Phi) is 2.47. The zero-order valence-corrected chi connectivity index (χ0v) is 9.03. The molecule has 0 aliphatic rings. The summed E-state index contributed by atoms with van der Waals surface area (Å²) in [5.41, 5.74) is 6.39. The highest BCUT2D eigenvalue weighted by atomic mass is 32.1. The van der Waals surface area contributed by atoms with Gasteiger partial charge in [-0.2, -0.15) is 0 Å². The Morgan fingerprint density at radius 1 is 1.40 bits per heavy atom. The molecule has 0 aliphatic heterocycles. The second-order valence-corrected chi connectivity index (χ2v) is 3.52. The maximum atomic E-state index is 5.63. The third kappa shape index (κ3) is 1.73. The Morgan fingerprint density at radius 2 is 2.20 bits per heavy atom. The first-order valence-electron chi connectivity index (χ1n) is 4.45. The minimum absolute atomic E-state index is 0.339. The highest BCUT2D eigenvalue weighted by Gasteiger charge is 2.09. The van der Waals surface area contributed by atoms with Crippen LogP contribution in [0.4, 0.5) is 0 Å². The first-order chi connectivity index (χ1) is 7.20. The summed E-state index contributed by atoms with van der Waals surface area (Å²) in [6.45, 7) is 1.90. The van der Waals surface area contributed by atoms with Crippen molar-refractivity contribution < 1.29 is 0 Å². The van der Waals surface area contributed by atoms with Crippen molar-refractivity contribution in [3.63, 3.8) is 0 Å². The SMILES string of the molecule is Cc1nccn1-c1ncccc1C(N)=S. The second-order valence-electron chi connectivity index (χ2n) is 3.08. The predicted molar refractivity (Wildman–Crippen MR) is 62.0 cm³/mol. The summed E-state index contributed by atoms with van der Waals surface area (Å²) >= 11 is 4.97. The van der Waals surface area contributed by atoms with Gasteiger partial charge in [0.15, 0.2) is 0 Å². The summed E-state index contributed by atoms with van der Waals surface area (Å²) in [6, 6.07) is 3.66. The number of rotatable bonds is 2.